The highest BCUT2D eigenvalue weighted by atomic mass is 16.5. The fourth-order valence-electron chi connectivity index (χ4n) is 0.941. The lowest BCUT2D eigenvalue weighted by Crippen LogP contribution is -2.30. The molecule has 3 nitrogen and oxygen atoms in total. The van der Waals surface area contributed by atoms with Crippen molar-refractivity contribution in [3.63, 3.8) is 0 Å². The van der Waals surface area contributed by atoms with Crippen molar-refractivity contribution in [2.45, 2.75) is 13.0 Å². The molecular formula is C7H14N2O. The van der Waals surface area contributed by atoms with Crippen LogP contribution in [0.3, 0.4) is 0 Å². The number of hydrogen-bond acceptors (Lipinski definition) is 3. The Kier molecular flexibility index (Phi) is 2.71. The van der Waals surface area contributed by atoms with Crippen LogP contribution in [0.25, 0.3) is 0 Å². The molecule has 1 rings (SSSR count). The van der Waals surface area contributed by atoms with Crippen LogP contribution in [-0.4, -0.2) is 25.8 Å². The maximum Gasteiger partial charge on any atom is 0.0860 e. The standard InChI is InChI=1S/C7H14N2O/c1-6(8)4-7-5-10-3-2-9-7/h4,6,9H,2-3,5,8H2,1H3/b7-4-. The van der Waals surface area contributed by atoms with Gasteiger partial charge in [-0.05, 0) is 13.0 Å². The van der Waals surface area contributed by atoms with Gasteiger partial charge in [0.05, 0.1) is 13.2 Å². The van der Waals surface area contributed by atoms with Gasteiger partial charge in [-0.3, -0.25) is 0 Å². The van der Waals surface area contributed by atoms with Gasteiger partial charge < -0.3 is 15.8 Å². The highest BCUT2D eigenvalue weighted by Gasteiger charge is 2.03. The minimum Gasteiger partial charge on any atom is -0.384 e. The summed E-state index contributed by atoms with van der Waals surface area (Å²) in [4.78, 5) is 0. The highest BCUT2D eigenvalue weighted by molar-refractivity contribution is 5.05. The molecule has 1 aliphatic heterocycles. The normalized spacial score (nSPS) is 26.0. The van der Waals surface area contributed by atoms with Crippen LogP contribution < -0.4 is 11.1 Å². The van der Waals surface area contributed by atoms with Gasteiger partial charge in [0.15, 0.2) is 0 Å². The third-order valence-corrected chi connectivity index (χ3v) is 1.32. The average Bonchev–Trinajstić information content (AvgIpc) is 1.88. The van der Waals surface area contributed by atoms with Crippen molar-refractivity contribution in [3.05, 3.63) is 11.8 Å². The first-order chi connectivity index (χ1) is 4.79. The summed E-state index contributed by atoms with van der Waals surface area (Å²) in [6.07, 6.45) is 1.99. The molecule has 3 N–H and O–H groups in total. The van der Waals surface area contributed by atoms with E-state index in [2.05, 4.69) is 5.32 Å². The van der Waals surface area contributed by atoms with Gasteiger partial charge in [0, 0.05) is 18.3 Å². The summed E-state index contributed by atoms with van der Waals surface area (Å²) in [7, 11) is 0. The van der Waals surface area contributed by atoms with Crippen molar-refractivity contribution < 1.29 is 4.74 Å². The van der Waals surface area contributed by atoms with Crippen LogP contribution in [0.15, 0.2) is 11.8 Å². The van der Waals surface area contributed by atoms with Crippen LogP contribution in [-0.2, 0) is 4.74 Å². The van der Waals surface area contributed by atoms with E-state index in [0.29, 0.717) is 6.61 Å². The SMILES string of the molecule is CC(N)/C=C1/COCCN1. The molecule has 0 bridgehead atoms. The molecule has 1 unspecified atom stereocenters. The summed E-state index contributed by atoms with van der Waals surface area (Å²) < 4.78 is 5.20. The van der Waals surface area contributed by atoms with E-state index < -0.39 is 0 Å². The lowest BCUT2D eigenvalue weighted by atomic mass is 10.2. The molecule has 0 aromatic rings. The highest BCUT2D eigenvalue weighted by Crippen LogP contribution is 1.97. The van der Waals surface area contributed by atoms with E-state index in [1.54, 1.807) is 0 Å². The first kappa shape index (κ1) is 7.57. The van der Waals surface area contributed by atoms with Crippen molar-refractivity contribution in [3.8, 4) is 0 Å². The zero-order valence-corrected chi connectivity index (χ0v) is 6.26. The summed E-state index contributed by atoms with van der Waals surface area (Å²) in [6, 6.07) is 0.115. The van der Waals surface area contributed by atoms with E-state index in [9.17, 15) is 0 Å². The van der Waals surface area contributed by atoms with Crippen LogP contribution in [0.1, 0.15) is 6.92 Å². The first-order valence-corrected chi connectivity index (χ1v) is 3.57. The molecule has 58 valence electrons. The van der Waals surface area contributed by atoms with Crippen molar-refractivity contribution >= 4 is 0 Å². The number of hydrogen-bond donors (Lipinski definition) is 2. The zero-order chi connectivity index (χ0) is 7.40. The summed E-state index contributed by atoms with van der Waals surface area (Å²) in [5.74, 6) is 0. The van der Waals surface area contributed by atoms with Gasteiger partial charge in [-0.25, -0.2) is 0 Å². The maximum atomic E-state index is 5.55. The van der Waals surface area contributed by atoms with Gasteiger partial charge in [0.2, 0.25) is 0 Å². The smallest absolute Gasteiger partial charge is 0.0860 e. The maximum absolute atomic E-state index is 5.55. The van der Waals surface area contributed by atoms with Gasteiger partial charge in [-0.15, -0.1) is 0 Å². The van der Waals surface area contributed by atoms with Gasteiger partial charge in [-0.1, -0.05) is 0 Å². The summed E-state index contributed by atoms with van der Waals surface area (Å²) in [5.41, 5.74) is 6.66. The fourth-order valence-corrected chi connectivity index (χ4v) is 0.941. The Balaban J connectivity index is 2.37. The molecule has 1 atom stereocenters. The van der Waals surface area contributed by atoms with Crippen molar-refractivity contribution in [1.82, 2.24) is 5.32 Å². The minimum atomic E-state index is 0.115. The number of morpholine rings is 1. The predicted octanol–water partition coefficient (Wildman–Crippen LogP) is -0.163. The van der Waals surface area contributed by atoms with E-state index in [1.807, 2.05) is 13.0 Å². The quantitative estimate of drug-likeness (QED) is 0.534. The molecule has 1 fully saturated rings. The second-order valence-electron chi connectivity index (χ2n) is 2.53. The Morgan fingerprint density at radius 2 is 2.60 bits per heavy atom. The molecule has 10 heavy (non-hydrogen) atoms. The molecule has 0 saturated carbocycles. The topological polar surface area (TPSA) is 47.3 Å². The Morgan fingerprint density at radius 1 is 1.80 bits per heavy atom. The van der Waals surface area contributed by atoms with Gasteiger partial charge >= 0.3 is 0 Å². The number of rotatable bonds is 1. The van der Waals surface area contributed by atoms with Crippen molar-refractivity contribution in [2.24, 2.45) is 5.73 Å². The second-order valence-corrected chi connectivity index (χ2v) is 2.53. The van der Waals surface area contributed by atoms with Crippen LogP contribution in [0.2, 0.25) is 0 Å². The molecule has 0 spiro atoms. The largest absolute Gasteiger partial charge is 0.384 e. The Morgan fingerprint density at radius 3 is 3.10 bits per heavy atom. The lowest BCUT2D eigenvalue weighted by molar-refractivity contribution is 0.131. The molecule has 0 amide bonds. The second kappa shape index (κ2) is 3.58. The summed E-state index contributed by atoms with van der Waals surface area (Å²) in [6.45, 7) is 4.33. The molecule has 0 aliphatic carbocycles. The molecule has 0 aromatic carbocycles. The lowest BCUT2D eigenvalue weighted by Gasteiger charge is -2.17. The van der Waals surface area contributed by atoms with Crippen LogP contribution >= 0.6 is 0 Å². The van der Waals surface area contributed by atoms with Crippen LogP contribution in [0, 0.1) is 0 Å². The molecule has 1 heterocycles. The zero-order valence-electron chi connectivity index (χ0n) is 6.26. The van der Waals surface area contributed by atoms with Crippen molar-refractivity contribution in [2.75, 3.05) is 19.8 Å². The Bertz CT molecular complexity index is 124. The van der Waals surface area contributed by atoms with E-state index in [4.69, 9.17) is 10.5 Å². The average molecular weight is 142 g/mol. The predicted molar refractivity (Wildman–Crippen MR) is 40.6 cm³/mol. The van der Waals surface area contributed by atoms with Gasteiger partial charge in [-0.2, -0.15) is 0 Å². The molecule has 1 saturated heterocycles. The first-order valence-electron chi connectivity index (χ1n) is 3.57. The van der Waals surface area contributed by atoms with E-state index in [1.165, 1.54) is 0 Å². The van der Waals surface area contributed by atoms with Crippen LogP contribution in [0.4, 0.5) is 0 Å². The summed E-state index contributed by atoms with van der Waals surface area (Å²) >= 11 is 0. The van der Waals surface area contributed by atoms with Crippen LogP contribution in [0.5, 0.6) is 0 Å². The number of ether oxygens (including phenoxy) is 1. The third kappa shape index (κ3) is 2.37. The third-order valence-electron chi connectivity index (χ3n) is 1.32. The van der Waals surface area contributed by atoms with Gasteiger partial charge in [0.1, 0.15) is 0 Å². The van der Waals surface area contributed by atoms with Gasteiger partial charge in [0.25, 0.3) is 0 Å². The van der Waals surface area contributed by atoms with E-state index in [-0.39, 0.29) is 6.04 Å². The Labute approximate surface area is 61.2 Å². The summed E-state index contributed by atoms with van der Waals surface area (Å²) in [5, 5.41) is 3.21. The molecule has 3 heteroatoms. The Hall–Kier alpha value is -0.540. The van der Waals surface area contributed by atoms with E-state index >= 15 is 0 Å². The number of nitrogens with one attached hydrogen (secondary N) is 1. The molecule has 0 aromatic heterocycles. The number of nitrogens with two attached hydrogens (primary N) is 1. The molecule has 0 radical (unpaired) electrons. The molecule has 1 aliphatic rings. The van der Waals surface area contributed by atoms with Crippen molar-refractivity contribution in [1.29, 1.82) is 0 Å². The van der Waals surface area contributed by atoms with E-state index in [0.717, 1.165) is 18.8 Å². The monoisotopic (exact) mass is 142 g/mol. The fraction of sp³-hybridized carbons (Fsp3) is 0.714. The minimum absolute atomic E-state index is 0.115. The molecular weight excluding hydrogens is 128 g/mol.